The Labute approximate surface area is 386 Å². The fourth-order valence-corrected chi connectivity index (χ4v) is 10.6. The second-order valence-corrected chi connectivity index (χ2v) is 18.7. The molecule has 1 saturated carbocycles. The third-order valence-corrected chi connectivity index (χ3v) is 14.6. The summed E-state index contributed by atoms with van der Waals surface area (Å²) in [7, 11) is 0. The number of esters is 1. The van der Waals surface area contributed by atoms with Crippen molar-refractivity contribution in [3.05, 3.63) is 103 Å². The molecule has 17 heteroatoms. The SMILES string of the molecule is CC[C@@]1(O)C(=O)OCc2c1cc1n(c2=O)Cc2cc3c(CN4CCN(CC5CCN(c6ccc(C(=O)NC7CCC(Oc8ccc(C#N)c(Cl)c8)CC7)nn6)CC5)CC4)c(O)ccc3nc2-1. The predicted octanol–water partition coefficient (Wildman–Crippen LogP) is 5.25. The maximum absolute atomic E-state index is 13.7. The number of cyclic esters (lactones) is 1. The zero-order chi connectivity index (χ0) is 45.7. The van der Waals surface area contributed by atoms with Gasteiger partial charge in [-0.2, -0.15) is 5.26 Å². The van der Waals surface area contributed by atoms with Gasteiger partial charge in [0, 0.05) is 86.5 Å². The standard InChI is InChI=1S/C49H52ClN9O7/c1-2-49(64)38-23-42-45-31(26-59(42)47(62)37(38)28-65-48(49)63)21-35-36(43(60)11-9-40(35)53-45)27-57-19-17-56(18-20-57)25-29-13-15-58(16-14-29)44-12-10-41(54-55-44)46(61)52-32-4-7-33(8-5-32)66-34-6-3-30(24-51)39(50)22-34/h3,6,9-12,21-23,29,32-33,60,64H,2,4-5,7-8,13-20,25-28H2,1H3,(H,52,61)/t32?,33?,49-/m0/s1. The molecule has 342 valence electrons. The van der Waals surface area contributed by atoms with E-state index in [-0.39, 0.29) is 53.5 Å². The van der Waals surface area contributed by atoms with Gasteiger partial charge in [0.05, 0.1) is 45.7 Å². The van der Waals surface area contributed by atoms with Gasteiger partial charge < -0.3 is 39.4 Å². The number of fused-ring (bicyclic) bond motifs is 5. The zero-order valence-corrected chi connectivity index (χ0v) is 37.6. The van der Waals surface area contributed by atoms with Crippen LogP contribution in [0.1, 0.15) is 90.2 Å². The Morgan fingerprint density at radius 1 is 0.970 bits per heavy atom. The molecule has 2 aromatic carbocycles. The van der Waals surface area contributed by atoms with Gasteiger partial charge in [0.15, 0.2) is 17.1 Å². The second-order valence-electron chi connectivity index (χ2n) is 18.3. The fourth-order valence-electron chi connectivity index (χ4n) is 10.4. The Bertz CT molecular complexity index is 2810. The molecule has 16 nitrogen and oxygen atoms in total. The molecule has 7 heterocycles. The third-order valence-electron chi connectivity index (χ3n) is 14.3. The van der Waals surface area contributed by atoms with E-state index in [0.717, 1.165) is 107 Å². The molecule has 5 aliphatic rings. The van der Waals surface area contributed by atoms with E-state index in [2.05, 4.69) is 36.3 Å². The molecule has 3 fully saturated rings. The number of nitrogens with one attached hydrogen (secondary N) is 1. The van der Waals surface area contributed by atoms with Crippen molar-refractivity contribution in [3.8, 4) is 29.0 Å². The van der Waals surface area contributed by atoms with Gasteiger partial charge in [-0.05, 0) is 99.4 Å². The quantitative estimate of drug-likeness (QED) is 0.151. The number of carbonyl (C=O) groups excluding carboxylic acids is 2. The van der Waals surface area contributed by atoms with Gasteiger partial charge in [0.1, 0.15) is 24.2 Å². The summed E-state index contributed by atoms with van der Waals surface area (Å²) in [6.07, 6.45) is 5.33. The number of halogens is 1. The lowest BCUT2D eigenvalue weighted by molar-refractivity contribution is -0.172. The number of pyridine rings is 2. The monoisotopic (exact) mass is 913 g/mol. The Morgan fingerprint density at radius 3 is 2.45 bits per heavy atom. The molecule has 1 atom stereocenters. The van der Waals surface area contributed by atoms with Gasteiger partial charge in [-0.3, -0.25) is 14.5 Å². The van der Waals surface area contributed by atoms with Crippen LogP contribution in [0.3, 0.4) is 0 Å². The lowest BCUT2D eigenvalue weighted by Gasteiger charge is -2.39. The average molecular weight is 914 g/mol. The molecular formula is C49H52ClN9O7. The van der Waals surface area contributed by atoms with Crippen LogP contribution < -0.4 is 20.5 Å². The van der Waals surface area contributed by atoms with Crippen LogP contribution in [-0.4, -0.2) is 110 Å². The summed E-state index contributed by atoms with van der Waals surface area (Å²) < 4.78 is 12.9. The number of amides is 1. The topological polar surface area (TPSA) is 199 Å². The predicted molar refractivity (Wildman–Crippen MR) is 245 cm³/mol. The summed E-state index contributed by atoms with van der Waals surface area (Å²) in [5, 5.41) is 44.6. The largest absolute Gasteiger partial charge is 0.508 e. The first kappa shape index (κ1) is 43.8. The van der Waals surface area contributed by atoms with Crippen molar-refractivity contribution in [2.24, 2.45) is 5.92 Å². The average Bonchev–Trinajstić information content (AvgIpc) is 3.70. The number of piperidine rings is 1. The first-order valence-corrected chi connectivity index (χ1v) is 23.4. The van der Waals surface area contributed by atoms with Gasteiger partial charge in [0.25, 0.3) is 11.5 Å². The molecule has 66 heavy (non-hydrogen) atoms. The number of aromatic nitrogens is 4. The summed E-state index contributed by atoms with van der Waals surface area (Å²) in [5.41, 5.74) is 2.65. The molecule has 10 rings (SSSR count). The van der Waals surface area contributed by atoms with Crippen molar-refractivity contribution < 1.29 is 29.3 Å². The Balaban J connectivity index is 0.689. The minimum atomic E-state index is -1.89. The van der Waals surface area contributed by atoms with E-state index in [0.29, 0.717) is 57.9 Å². The van der Waals surface area contributed by atoms with Crippen molar-refractivity contribution >= 4 is 40.2 Å². The maximum Gasteiger partial charge on any atom is 0.343 e. The molecule has 2 saturated heterocycles. The molecule has 0 unspecified atom stereocenters. The summed E-state index contributed by atoms with van der Waals surface area (Å²) in [6.45, 7) is 8.73. The lowest BCUT2D eigenvalue weighted by atomic mass is 9.86. The molecule has 5 aromatic rings. The van der Waals surface area contributed by atoms with E-state index in [1.165, 1.54) is 0 Å². The molecular weight excluding hydrogens is 862 g/mol. The van der Waals surface area contributed by atoms with Gasteiger partial charge >= 0.3 is 5.97 Å². The number of phenols is 1. The first-order chi connectivity index (χ1) is 32.0. The maximum atomic E-state index is 13.7. The number of phenolic OH excluding ortho intramolecular Hbond substituents is 1. The van der Waals surface area contributed by atoms with Gasteiger partial charge in [-0.15, -0.1) is 10.2 Å². The zero-order valence-electron chi connectivity index (χ0n) is 36.8. The summed E-state index contributed by atoms with van der Waals surface area (Å²) in [5.74, 6) is 1.23. The van der Waals surface area contributed by atoms with Crippen LogP contribution in [0, 0.1) is 17.2 Å². The van der Waals surface area contributed by atoms with E-state index >= 15 is 0 Å². The number of hydrogen-bond donors (Lipinski definition) is 3. The number of carbonyl (C=O) groups is 2. The highest BCUT2D eigenvalue weighted by Crippen LogP contribution is 2.40. The summed E-state index contributed by atoms with van der Waals surface area (Å²) in [4.78, 5) is 51.5. The first-order valence-electron chi connectivity index (χ1n) is 23.0. The third kappa shape index (κ3) is 8.34. The molecule has 0 spiro atoms. The second kappa shape index (κ2) is 17.9. The summed E-state index contributed by atoms with van der Waals surface area (Å²) in [6, 6.07) is 18.1. The van der Waals surface area contributed by atoms with Crippen LogP contribution in [0.5, 0.6) is 11.5 Å². The Hall–Kier alpha value is -6.12. The van der Waals surface area contributed by atoms with Crippen molar-refractivity contribution in [1.29, 1.82) is 5.26 Å². The number of nitriles is 1. The van der Waals surface area contributed by atoms with Crippen molar-refractivity contribution in [3.63, 3.8) is 0 Å². The minimum Gasteiger partial charge on any atom is -0.508 e. The molecule has 3 aromatic heterocycles. The van der Waals surface area contributed by atoms with Gasteiger partial charge in [-0.1, -0.05) is 18.5 Å². The van der Waals surface area contributed by atoms with Crippen molar-refractivity contribution in [2.75, 3.05) is 50.7 Å². The number of nitrogens with zero attached hydrogens (tertiary/aromatic N) is 8. The molecule has 1 amide bonds. The number of aromatic hydroxyl groups is 1. The highest BCUT2D eigenvalue weighted by Gasteiger charge is 2.45. The smallest absolute Gasteiger partial charge is 0.343 e. The summed E-state index contributed by atoms with van der Waals surface area (Å²) >= 11 is 6.16. The van der Waals surface area contributed by atoms with Crippen LogP contribution in [0.25, 0.3) is 22.3 Å². The van der Waals surface area contributed by atoms with Crippen LogP contribution >= 0.6 is 11.6 Å². The Morgan fingerprint density at radius 2 is 1.74 bits per heavy atom. The normalized spacial score (nSPS) is 22.3. The molecule has 0 radical (unpaired) electrons. The molecule has 4 aliphatic heterocycles. The van der Waals surface area contributed by atoms with E-state index < -0.39 is 11.6 Å². The number of ether oxygens (including phenoxy) is 2. The van der Waals surface area contributed by atoms with Gasteiger partial charge in [0.2, 0.25) is 0 Å². The highest BCUT2D eigenvalue weighted by atomic mass is 35.5. The number of rotatable bonds is 10. The fraction of sp³-hybridized carbons (Fsp3) is 0.449. The minimum absolute atomic E-state index is 0.0179. The number of piperazine rings is 1. The van der Waals surface area contributed by atoms with Crippen LogP contribution in [0.2, 0.25) is 5.02 Å². The van der Waals surface area contributed by atoms with Crippen LogP contribution in [0.15, 0.2) is 59.4 Å². The molecule has 3 N–H and O–H groups in total. The van der Waals surface area contributed by atoms with Crippen molar-refractivity contribution in [1.82, 2.24) is 34.9 Å². The number of anilines is 1. The van der Waals surface area contributed by atoms with E-state index in [4.69, 9.17) is 31.3 Å². The van der Waals surface area contributed by atoms with E-state index in [1.807, 2.05) is 12.1 Å². The van der Waals surface area contributed by atoms with E-state index in [9.17, 15) is 24.6 Å². The number of benzene rings is 2. The lowest BCUT2D eigenvalue weighted by Crippen LogP contribution is -2.48. The number of aliphatic hydroxyl groups is 1. The Kier molecular flexibility index (Phi) is 11.9. The van der Waals surface area contributed by atoms with E-state index in [1.54, 1.807) is 54.0 Å². The van der Waals surface area contributed by atoms with Crippen LogP contribution in [-0.2, 0) is 34.8 Å². The highest BCUT2D eigenvalue weighted by molar-refractivity contribution is 6.31. The van der Waals surface area contributed by atoms with Gasteiger partial charge in [-0.25, -0.2) is 9.78 Å². The molecule has 1 aliphatic carbocycles. The van der Waals surface area contributed by atoms with Crippen LogP contribution in [0.4, 0.5) is 5.82 Å². The molecule has 0 bridgehead atoms. The number of hydrogen-bond acceptors (Lipinski definition) is 14. The van der Waals surface area contributed by atoms with Crippen molar-refractivity contribution in [2.45, 2.75) is 89.3 Å².